The largest absolute Gasteiger partial charge is 0.332 e. The number of carbonyl (C=O) groups excluding carboxylic acids is 2. The minimum Gasteiger partial charge on any atom is -0.332 e. The number of thiophene rings is 1. The summed E-state index contributed by atoms with van der Waals surface area (Å²) in [6, 6.07) is 19.9. The lowest BCUT2D eigenvalue weighted by atomic mass is 9.87. The van der Waals surface area contributed by atoms with Crippen LogP contribution in [0.4, 0.5) is 11.4 Å². The van der Waals surface area contributed by atoms with Crippen molar-refractivity contribution in [2.75, 3.05) is 10.6 Å². The van der Waals surface area contributed by atoms with Crippen LogP contribution in [0, 0.1) is 0 Å². The predicted octanol–water partition coefficient (Wildman–Crippen LogP) is 7.88. The molecule has 4 rings (SSSR count). The minimum absolute atomic E-state index is 0.0128. The summed E-state index contributed by atoms with van der Waals surface area (Å²) in [5, 5.41) is 10.3. The summed E-state index contributed by atoms with van der Waals surface area (Å²) in [4.78, 5) is 25.8. The SMILES string of the molecule is CC(C)(C)c1ccc(C(=O)Nc2cccc(NC(=S)NC(=O)c3sc4cc(Cl)ccc4c3Cl)c2)cc1. The fourth-order valence-corrected chi connectivity index (χ4v) is 5.41. The molecule has 184 valence electrons. The zero-order chi connectivity index (χ0) is 26.0. The molecule has 36 heavy (non-hydrogen) atoms. The maximum absolute atomic E-state index is 12.8. The van der Waals surface area contributed by atoms with Gasteiger partial charge in [0.2, 0.25) is 0 Å². The molecule has 5 nitrogen and oxygen atoms in total. The Morgan fingerprint density at radius 1 is 0.861 bits per heavy atom. The Bertz CT molecular complexity index is 1470. The minimum atomic E-state index is -0.419. The summed E-state index contributed by atoms with van der Waals surface area (Å²) in [6.45, 7) is 6.38. The van der Waals surface area contributed by atoms with E-state index in [1.54, 1.807) is 42.5 Å². The lowest BCUT2D eigenvalue weighted by Crippen LogP contribution is -2.33. The number of amides is 2. The molecule has 0 saturated heterocycles. The van der Waals surface area contributed by atoms with Crippen molar-refractivity contribution in [3.63, 3.8) is 0 Å². The maximum atomic E-state index is 12.8. The molecule has 1 aromatic heterocycles. The highest BCUT2D eigenvalue weighted by Crippen LogP contribution is 2.36. The molecule has 0 saturated carbocycles. The summed E-state index contributed by atoms with van der Waals surface area (Å²) < 4.78 is 0.813. The molecule has 0 aliphatic heterocycles. The van der Waals surface area contributed by atoms with Crippen LogP contribution in [-0.2, 0) is 5.41 Å². The molecule has 9 heteroatoms. The van der Waals surface area contributed by atoms with E-state index in [2.05, 4.69) is 36.7 Å². The van der Waals surface area contributed by atoms with E-state index in [4.69, 9.17) is 35.4 Å². The van der Waals surface area contributed by atoms with Crippen LogP contribution in [0.2, 0.25) is 10.0 Å². The number of thiocarbonyl (C=S) groups is 1. The van der Waals surface area contributed by atoms with E-state index in [9.17, 15) is 9.59 Å². The number of halogens is 2. The molecular formula is C27H23Cl2N3O2S2. The number of hydrogen-bond donors (Lipinski definition) is 3. The maximum Gasteiger partial charge on any atom is 0.269 e. The molecule has 0 spiro atoms. The Hall–Kier alpha value is -2.97. The van der Waals surface area contributed by atoms with Crippen molar-refractivity contribution in [1.82, 2.24) is 5.32 Å². The van der Waals surface area contributed by atoms with Crippen LogP contribution < -0.4 is 16.0 Å². The van der Waals surface area contributed by atoms with Crippen LogP contribution in [0.3, 0.4) is 0 Å². The average Bonchev–Trinajstić information content (AvgIpc) is 3.14. The Morgan fingerprint density at radius 3 is 2.19 bits per heavy atom. The highest BCUT2D eigenvalue weighted by molar-refractivity contribution is 7.80. The zero-order valence-corrected chi connectivity index (χ0v) is 22.9. The quantitative estimate of drug-likeness (QED) is 0.224. The first-order valence-corrected chi connectivity index (χ1v) is 13.0. The van der Waals surface area contributed by atoms with Gasteiger partial charge in [-0.15, -0.1) is 11.3 Å². The number of fused-ring (bicyclic) bond motifs is 1. The topological polar surface area (TPSA) is 70.2 Å². The Morgan fingerprint density at radius 2 is 1.53 bits per heavy atom. The highest BCUT2D eigenvalue weighted by atomic mass is 35.5. The molecule has 0 radical (unpaired) electrons. The van der Waals surface area contributed by atoms with E-state index in [0.29, 0.717) is 31.9 Å². The van der Waals surface area contributed by atoms with Crippen LogP contribution in [0.25, 0.3) is 10.1 Å². The third kappa shape index (κ3) is 6.05. The molecule has 0 aliphatic rings. The molecule has 1 heterocycles. The van der Waals surface area contributed by atoms with E-state index in [-0.39, 0.29) is 16.4 Å². The number of anilines is 2. The van der Waals surface area contributed by atoms with Crippen LogP contribution in [0.15, 0.2) is 66.7 Å². The summed E-state index contributed by atoms with van der Waals surface area (Å²) in [5.41, 5.74) is 2.92. The zero-order valence-electron chi connectivity index (χ0n) is 19.7. The highest BCUT2D eigenvalue weighted by Gasteiger charge is 2.19. The summed E-state index contributed by atoms with van der Waals surface area (Å²) in [7, 11) is 0. The molecule has 0 unspecified atom stereocenters. The molecular weight excluding hydrogens is 533 g/mol. The van der Waals surface area contributed by atoms with E-state index >= 15 is 0 Å². The second-order valence-electron chi connectivity index (χ2n) is 9.16. The van der Waals surface area contributed by atoms with Gasteiger partial charge >= 0.3 is 0 Å². The molecule has 0 bridgehead atoms. The van der Waals surface area contributed by atoms with Crippen molar-refractivity contribution >= 4 is 85.1 Å². The second-order valence-corrected chi connectivity index (χ2v) is 11.4. The Labute approximate surface area is 228 Å². The monoisotopic (exact) mass is 555 g/mol. The standard InChI is InChI=1S/C27H23Cl2N3O2S2/c1-27(2,3)16-9-7-15(8-10-16)24(33)30-18-5-4-6-19(14-18)31-26(35)32-25(34)23-22(29)20-12-11-17(28)13-21(20)36-23/h4-14H,1-3H3,(H,30,33)(H2,31,32,34,35). The Balaban J connectivity index is 1.40. The van der Waals surface area contributed by atoms with Gasteiger partial charge in [-0.3, -0.25) is 14.9 Å². The van der Waals surface area contributed by atoms with Gasteiger partial charge in [-0.25, -0.2) is 0 Å². The molecule has 0 atom stereocenters. The van der Waals surface area contributed by atoms with Gasteiger partial charge in [0.15, 0.2) is 5.11 Å². The first-order chi connectivity index (χ1) is 17.0. The van der Waals surface area contributed by atoms with Gasteiger partial charge < -0.3 is 10.6 Å². The number of nitrogens with one attached hydrogen (secondary N) is 3. The lowest BCUT2D eigenvalue weighted by molar-refractivity contribution is 0.0980. The van der Waals surface area contributed by atoms with Gasteiger partial charge in [0.05, 0.1) is 5.02 Å². The first-order valence-electron chi connectivity index (χ1n) is 11.0. The van der Waals surface area contributed by atoms with Crippen LogP contribution in [-0.4, -0.2) is 16.9 Å². The normalized spacial score (nSPS) is 11.2. The second kappa shape index (κ2) is 10.6. The average molecular weight is 557 g/mol. The molecule has 4 aromatic rings. The van der Waals surface area contributed by atoms with Crippen LogP contribution >= 0.6 is 46.8 Å². The number of rotatable bonds is 4. The van der Waals surface area contributed by atoms with Crippen LogP contribution in [0.1, 0.15) is 46.4 Å². The molecule has 0 aliphatic carbocycles. The third-order valence-corrected chi connectivity index (χ3v) is 7.51. The van der Waals surface area contributed by atoms with E-state index < -0.39 is 5.91 Å². The van der Waals surface area contributed by atoms with Crippen LogP contribution in [0.5, 0.6) is 0 Å². The van der Waals surface area contributed by atoms with Gasteiger partial charge in [-0.2, -0.15) is 0 Å². The van der Waals surface area contributed by atoms with Gasteiger partial charge in [0.25, 0.3) is 11.8 Å². The van der Waals surface area contributed by atoms with E-state index in [0.717, 1.165) is 15.6 Å². The third-order valence-electron chi connectivity index (χ3n) is 5.42. The summed E-state index contributed by atoms with van der Waals surface area (Å²) >= 11 is 19.0. The van der Waals surface area contributed by atoms with Crippen molar-refractivity contribution in [1.29, 1.82) is 0 Å². The van der Waals surface area contributed by atoms with E-state index in [1.807, 2.05) is 24.3 Å². The van der Waals surface area contributed by atoms with Crippen molar-refractivity contribution in [3.8, 4) is 0 Å². The molecule has 3 aromatic carbocycles. The van der Waals surface area contributed by atoms with Crippen molar-refractivity contribution in [2.24, 2.45) is 0 Å². The van der Waals surface area contributed by atoms with Gasteiger partial charge in [-0.1, -0.05) is 68.2 Å². The number of benzene rings is 3. The van der Waals surface area contributed by atoms with Crippen molar-refractivity contribution in [3.05, 3.63) is 92.8 Å². The van der Waals surface area contributed by atoms with Crippen molar-refractivity contribution < 1.29 is 9.59 Å². The number of hydrogen-bond acceptors (Lipinski definition) is 4. The fourth-order valence-electron chi connectivity index (χ4n) is 3.51. The van der Waals surface area contributed by atoms with Gasteiger partial charge in [0, 0.05) is 32.0 Å². The summed E-state index contributed by atoms with van der Waals surface area (Å²) in [6.07, 6.45) is 0. The molecule has 3 N–H and O–H groups in total. The van der Waals surface area contributed by atoms with Gasteiger partial charge in [0.1, 0.15) is 4.88 Å². The van der Waals surface area contributed by atoms with Crippen molar-refractivity contribution in [2.45, 2.75) is 26.2 Å². The summed E-state index contributed by atoms with van der Waals surface area (Å²) in [5.74, 6) is -0.638. The predicted molar refractivity (Wildman–Crippen MR) is 155 cm³/mol. The van der Waals surface area contributed by atoms with Gasteiger partial charge in [-0.05, 0) is 65.7 Å². The lowest BCUT2D eigenvalue weighted by Gasteiger charge is -2.19. The van der Waals surface area contributed by atoms with E-state index in [1.165, 1.54) is 11.3 Å². The Kier molecular flexibility index (Phi) is 7.66. The fraction of sp³-hybridized carbons (Fsp3) is 0.148. The first kappa shape index (κ1) is 26.1. The smallest absolute Gasteiger partial charge is 0.269 e. The molecule has 2 amide bonds. The molecule has 0 fully saturated rings. The number of carbonyl (C=O) groups is 2.